The minimum absolute atomic E-state index is 0.0700. The summed E-state index contributed by atoms with van der Waals surface area (Å²) < 4.78 is 1.55. The number of nitrogens with one attached hydrogen (secondary N) is 1. The van der Waals surface area contributed by atoms with Crippen LogP contribution in [0, 0.1) is 0 Å². The van der Waals surface area contributed by atoms with Crippen molar-refractivity contribution in [1.29, 1.82) is 0 Å². The fraction of sp³-hybridized carbons (Fsp3) is 0.300. The quantitative estimate of drug-likeness (QED) is 0.794. The Bertz CT molecular complexity index is 944. The predicted molar refractivity (Wildman–Crippen MR) is 101 cm³/mol. The summed E-state index contributed by atoms with van der Waals surface area (Å²) in [5.74, 6) is 0.607. The average molecular weight is 334 g/mol. The Balaban J connectivity index is 1.58. The van der Waals surface area contributed by atoms with Crippen LogP contribution in [0.4, 0.5) is 11.5 Å². The van der Waals surface area contributed by atoms with Crippen LogP contribution >= 0.6 is 0 Å². The molecule has 0 spiro atoms. The monoisotopic (exact) mass is 334 g/mol. The third-order valence-corrected chi connectivity index (χ3v) is 4.78. The van der Waals surface area contributed by atoms with Gasteiger partial charge in [-0.15, -0.1) is 0 Å². The number of rotatable bonds is 4. The summed E-state index contributed by atoms with van der Waals surface area (Å²) >= 11 is 0. The van der Waals surface area contributed by atoms with E-state index in [0.29, 0.717) is 11.5 Å². The third-order valence-electron chi connectivity index (χ3n) is 4.78. The van der Waals surface area contributed by atoms with Crippen LogP contribution in [-0.2, 0) is 0 Å². The largest absolute Gasteiger partial charge is 0.372 e. The van der Waals surface area contributed by atoms with Crippen LogP contribution in [-0.4, -0.2) is 22.5 Å². The zero-order chi connectivity index (χ0) is 17.2. The van der Waals surface area contributed by atoms with E-state index in [-0.39, 0.29) is 11.6 Å². The first-order valence-electron chi connectivity index (χ1n) is 8.80. The van der Waals surface area contributed by atoms with Gasteiger partial charge >= 0.3 is 0 Å². The Hall–Kier alpha value is -2.82. The zero-order valence-electron chi connectivity index (χ0n) is 14.4. The van der Waals surface area contributed by atoms with E-state index >= 15 is 0 Å². The standard InChI is InChI=1S/C20H22N4O/c1-15(16-7-6-8-17(13-16)23-10-4-5-11-23)21-18-14-20(25)24-12-3-2-9-19(24)22-18/h2-3,6-9,12-15,21H,4-5,10-11H2,1H3. The molecule has 0 amide bonds. The molecule has 3 aromatic rings. The smallest absolute Gasteiger partial charge is 0.259 e. The molecule has 5 heteroatoms. The third kappa shape index (κ3) is 3.22. The van der Waals surface area contributed by atoms with Gasteiger partial charge in [0.15, 0.2) is 0 Å². The molecule has 0 radical (unpaired) electrons. The topological polar surface area (TPSA) is 49.6 Å². The van der Waals surface area contributed by atoms with E-state index in [0.717, 1.165) is 13.1 Å². The molecule has 1 N–H and O–H groups in total. The van der Waals surface area contributed by atoms with Crippen molar-refractivity contribution in [2.24, 2.45) is 0 Å². The van der Waals surface area contributed by atoms with E-state index in [1.807, 2.05) is 18.2 Å². The van der Waals surface area contributed by atoms with Crippen LogP contribution in [0.3, 0.4) is 0 Å². The van der Waals surface area contributed by atoms with Gasteiger partial charge in [-0.1, -0.05) is 18.2 Å². The molecule has 5 nitrogen and oxygen atoms in total. The van der Waals surface area contributed by atoms with Crippen molar-refractivity contribution in [3.8, 4) is 0 Å². The predicted octanol–water partition coefficient (Wildman–Crippen LogP) is 3.47. The van der Waals surface area contributed by atoms with Crippen molar-refractivity contribution in [2.75, 3.05) is 23.3 Å². The van der Waals surface area contributed by atoms with E-state index < -0.39 is 0 Å². The average Bonchev–Trinajstić information content (AvgIpc) is 3.17. The van der Waals surface area contributed by atoms with E-state index in [1.54, 1.807) is 16.7 Å². The molecular weight excluding hydrogens is 312 g/mol. The van der Waals surface area contributed by atoms with Gasteiger partial charge in [-0.25, -0.2) is 4.98 Å². The van der Waals surface area contributed by atoms with Gasteiger partial charge < -0.3 is 10.2 Å². The Morgan fingerprint density at radius 1 is 1.08 bits per heavy atom. The maximum atomic E-state index is 12.2. The molecule has 1 aromatic carbocycles. The first-order valence-corrected chi connectivity index (χ1v) is 8.80. The van der Waals surface area contributed by atoms with Gasteiger partial charge in [-0.2, -0.15) is 0 Å². The van der Waals surface area contributed by atoms with Gasteiger partial charge in [-0.05, 0) is 49.6 Å². The molecule has 25 heavy (non-hydrogen) atoms. The first kappa shape index (κ1) is 15.7. The summed E-state index contributed by atoms with van der Waals surface area (Å²) in [5, 5.41) is 3.37. The van der Waals surface area contributed by atoms with Gasteiger partial charge in [0.05, 0.1) is 6.04 Å². The number of aromatic nitrogens is 2. The van der Waals surface area contributed by atoms with Crippen LogP contribution in [0.15, 0.2) is 59.5 Å². The van der Waals surface area contributed by atoms with E-state index in [1.165, 1.54) is 24.1 Å². The lowest BCUT2D eigenvalue weighted by atomic mass is 10.1. The van der Waals surface area contributed by atoms with Gasteiger partial charge in [0.2, 0.25) is 0 Å². The Morgan fingerprint density at radius 2 is 1.92 bits per heavy atom. The second-order valence-electron chi connectivity index (χ2n) is 6.56. The Kier molecular flexibility index (Phi) is 4.14. The highest BCUT2D eigenvalue weighted by atomic mass is 16.1. The molecule has 1 atom stereocenters. The zero-order valence-corrected chi connectivity index (χ0v) is 14.4. The van der Waals surface area contributed by atoms with Crippen LogP contribution in [0.5, 0.6) is 0 Å². The van der Waals surface area contributed by atoms with E-state index in [9.17, 15) is 4.79 Å². The second kappa shape index (κ2) is 6.59. The molecule has 0 bridgehead atoms. The molecule has 128 valence electrons. The normalized spacial score (nSPS) is 15.5. The van der Waals surface area contributed by atoms with Crippen LogP contribution in [0.1, 0.15) is 31.4 Å². The van der Waals surface area contributed by atoms with Crippen molar-refractivity contribution < 1.29 is 0 Å². The van der Waals surface area contributed by atoms with Crippen LogP contribution in [0.25, 0.3) is 5.65 Å². The van der Waals surface area contributed by atoms with Crippen LogP contribution < -0.4 is 15.8 Å². The maximum Gasteiger partial charge on any atom is 0.259 e. The number of fused-ring (bicyclic) bond motifs is 1. The van der Waals surface area contributed by atoms with Crippen LogP contribution in [0.2, 0.25) is 0 Å². The summed E-state index contributed by atoms with van der Waals surface area (Å²) in [6.07, 6.45) is 4.27. The fourth-order valence-corrected chi connectivity index (χ4v) is 3.40. The Labute approximate surface area is 146 Å². The molecule has 0 saturated carbocycles. The molecule has 1 aliphatic heterocycles. The van der Waals surface area contributed by atoms with E-state index in [2.05, 4.69) is 46.4 Å². The van der Waals surface area contributed by atoms with Crippen molar-refractivity contribution in [1.82, 2.24) is 9.38 Å². The highest BCUT2D eigenvalue weighted by Crippen LogP contribution is 2.25. The SMILES string of the molecule is CC(Nc1cc(=O)n2ccccc2n1)c1cccc(N2CCCC2)c1. The summed E-state index contributed by atoms with van der Waals surface area (Å²) in [6.45, 7) is 4.36. The molecule has 3 heterocycles. The molecule has 1 fully saturated rings. The summed E-state index contributed by atoms with van der Waals surface area (Å²) in [4.78, 5) is 19.2. The summed E-state index contributed by atoms with van der Waals surface area (Å²) in [6, 6.07) is 15.8. The van der Waals surface area contributed by atoms with Gasteiger partial charge in [0, 0.05) is 31.0 Å². The molecule has 1 unspecified atom stereocenters. The minimum atomic E-state index is -0.0777. The summed E-state index contributed by atoms with van der Waals surface area (Å²) in [7, 11) is 0. The highest BCUT2D eigenvalue weighted by molar-refractivity contribution is 5.52. The maximum absolute atomic E-state index is 12.2. The number of benzene rings is 1. The molecule has 2 aromatic heterocycles. The molecule has 4 rings (SSSR count). The number of pyridine rings is 1. The van der Waals surface area contributed by atoms with Gasteiger partial charge in [0.1, 0.15) is 11.5 Å². The van der Waals surface area contributed by atoms with Crippen molar-refractivity contribution in [2.45, 2.75) is 25.8 Å². The molecule has 0 aliphatic carbocycles. The van der Waals surface area contributed by atoms with Crippen molar-refractivity contribution in [3.05, 3.63) is 70.6 Å². The fourth-order valence-electron chi connectivity index (χ4n) is 3.40. The van der Waals surface area contributed by atoms with Gasteiger partial charge in [0.25, 0.3) is 5.56 Å². The Morgan fingerprint density at radius 3 is 2.76 bits per heavy atom. The first-order chi connectivity index (χ1) is 12.2. The second-order valence-corrected chi connectivity index (χ2v) is 6.56. The number of anilines is 2. The lowest BCUT2D eigenvalue weighted by Gasteiger charge is -2.21. The lowest BCUT2D eigenvalue weighted by molar-refractivity contribution is 0.866. The number of hydrogen-bond acceptors (Lipinski definition) is 4. The van der Waals surface area contributed by atoms with E-state index in [4.69, 9.17) is 0 Å². The minimum Gasteiger partial charge on any atom is -0.372 e. The summed E-state index contributed by atoms with van der Waals surface area (Å²) in [5.41, 5.74) is 3.04. The van der Waals surface area contributed by atoms with Gasteiger partial charge in [-0.3, -0.25) is 9.20 Å². The van der Waals surface area contributed by atoms with Crippen molar-refractivity contribution >= 4 is 17.2 Å². The highest BCUT2D eigenvalue weighted by Gasteiger charge is 2.14. The number of nitrogens with zero attached hydrogens (tertiary/aromatic N) is 3. The molecular formula is C20H22N4O. The number of hydrogen-bond donors (Lipinski definition) is 1. The lowest BCUT2D eigenvalue weighted by Crippen LogP contribution is -2.19. The molecule has 1 saturated heterocycles. The van der Waals surface area contributed by atoms with Crippen molar-refractivity contribution in [3.63, 3.8) is 0 Å². The molecule has 1 aliphatic rings.